The minimum Gasteiger partial charge on any atom is -0.394 e. The van der Waals surface area contributed by atoms with Crippen molar-refractivity contribution in [3.63, 3.8) is 0 Å². The van der Waals surface area contributed by atoms with Crippen molar-refractivity contribution in [2.45, 2.75) is 92.1 Å². The van der Waals surface area contributed by atoms with Gasteiger partial charge in [0.05, 0.1) is 18.8 Å². The summed E-state index contributed by atoms with van der Waals surface area (Å²) in [5, 5.41) is 60.2. The normalized spacial score (nSPS) is 53.6. The molecule has 0 bridgehead atoms. The first-order valence-corrected chi connectivity index (χ1v) is 10.2. The van der Waals surface area contributed by atoms with E-state index in [4.69, 9.17) is 41.9 Å². The molecule has 1 saturated carbocycles. The van der Waals surface area contributed by atoms with Gasteiger partial charge in [-0.1, -0.05) is 0 Å². The minimum absolute atomic E-state index is 0.114. The van der Waals surface area contributed by atoms with Crippen molar-refractivity contribution in [3.8, 4) is 0 Å². The molecule has 14 atom stereocenters. The summed E-state index contributed by atoms with van der Waals surface area (Å²) in [6.07, 6.45) is -13.8. The van der Waals surface area contributed by atoms with E-state index < -0.39 is 92.2 Å². The molecule has 3 fully saturated rings. The van der Waals surface area contributed by atoms with Crippen LogP contribution in [-0.4, -0.2) is 129 Å². The monoisotopic (exact) mass is 454 g/mol. The fourth-order valence-corrected chi connectivity index (χ4v) is 4.16. The van der Waals surface area contributed by atoms with Gasteiger partial charge in [0.1, 0.15) is 48.8 Å². The lowest BCUT2D eigenvalue weighted by Crippen LogP contribution is -2.68. The molecule has 14 heteroatoms. The highest BCUT2D eigenvalue weighted by atomic mass is 16.7. The maximum atomic E-state index is 10.6. The SMILES string of the molecule is NC[C@@H]1O[C@@H](O[C@@H]2[C@@H](O[C@H]3O[C@@H](CO)[C@@H](O)[C@@H]3O)[C@H](O)[C@@H](N)C[C@H]2N)[C@@H](N)[C@H](O)[C@H]1O. The van der Waals surface area contributed by atoms with Crippen LogP contribution in [0.25, 0.3) is 0 Å². The number of hydrogen-bond acceptors (Lipinski definition) is 14. The largest absolute Gasteiger partial charge is 0.394 e. The molecule has 0 amide bonds. The highest BCUT2D eigenvalue weighted by molar-refractivity contribution is 5.01. The lowest BCUT2D eigenvalue weighted by molar-refractivity contribution is -0.306. The highest BCUT2D eigenvalue weighted by Gasteiger charge is 2.52. The van der Waals surface area contributed by atoms with E-state index in [2.05, 4.69) is 0 Å². The second kappa shape index (κ2) is 10.1. The van der Waals surface area contributed by atoms with E-state index in [0.29, 0.717) is 0 Å². The number of aliphatic hydroxyl groups is 6. The Morgan fingerprint density at radius 3 is 1.87 bits per heavy atom. The van der Waals surface area contributed by atoms with Gasteiger partial charge in [0, 0.05) is 18.6 Å². The van der Waals surface area contributed by atoms with E-state index in [1.165, 1.54) is 0 Å². The Morgan fingerprint density at radius 2 is 1.29 bits per heavy atom. The quantitative estimate of drug-likeness (QED) is 0.179. The van der Waals surface area contributed by atoms with Gasteiger partial charge in [-0.3, -0.25) is 0 Å². The summed E-state index contributed by atoms with van der Waals surface area (Å²) in [7, 11) is 0. The van der Waals surface area contributed by atoms with E-state index >= 15 is 0 Å². The molecule has 3 aliphatic rings. The van der Waals surface area contributed by atoms with Crippen LogP contribution in [0.2, 0.25) is 0 Å². The van der Waals surface area contributed by atoms with Crippen LogP contribution in [-0.2, 0) is 18.9 Å². The first-order valence-electron chi connectivity index (χ1n) is 10.2. The average Bonchev–Trinajstić information content (AvgIpc) is 3.02. The van der Waals surface area contributed by atoms with Crippen molar-refractivity contribution in [2.75, 3.05) is 13.2 Å². The van der Waals surface area contributed by atoms with Gasteiger partial charge in [-0.05, 0) is 6.42 Å². The van der Waals surface area contributed by atoms with Crippen LogP contribution >= 0.6 is 0 Å². The Hall–Kier alpha value is -0.560. The smallest absolute Gasteiger partial charge is 0.187 e. The molecule has 14 nitrogen and oxygen atoms in total. The predicted molar refractivity (Wildman–Crippen MR) is 102 cm³/mol. The van der Waals surface area contributed by atoms with Crippen LogP contribution in [0.3, 0.4) is 0 Å². The molecule has 2 saturated heterocycles. The topological polar surface area (TPSA) is 262 Å². The lowest BCUT2D eigenvalue weighted by atomic mass is 9.84. The molecular formula is C17H34N4O10. The zero-order valence-electron chi connectivity index (χ0n) is 16.8. The van der Waals surface area contributed by atoms with Crippen molar-refractivity contribution in [3.05, 3.63) is 0 Å². The van der Waals surface area contributed by atoms with E-state index in [1.807, 2.05) is 0 Å². The molecule has 182 valence electrons. The van der Waals surface area contributed by atoms with Gasteiger partial charge in [0.2, 0.25) is 0 Å². The molecule has 0 radical (unpaired) electrons. The molecule has 14 N–H and O–H groups in total. The molecule has 3 rings (SSSR count). The second-order valence-corrected chi connectivity index (χ2v) is 8.30. The van der Waals surface area contributed by atoms with Gasteiger partial charge in [0.25, 0.3) is 0 Å². The van der Waals surface area contributed by atoms with Crippen LogP contribution in [0.5, 0.6) is 0 Å². The first-order chi connectivity index (χ1) is 14.6. The molecule has 0 aromatic carbocycles. The van der Waals surface area contributed by atoms with Crippen LogP contribution < -0.4 is 22.9 Å². The summed E-state index contributed by atoms with van der Waals surface area (Å²) in [4.78, 5) is 0. The third-order valence-electron chi connectivity index (χ3n) is 6.13. The number of aliphatic hydroxyl groups excluding tert-OH is 6. The molecule has 31 heavy (non-hydrogen) atoms. The third kappa shape index (κ3) is 4.87. The van der Waals surface area contributed by atoms with Crippen LogP contribution in [0.15, 0.2) is 0 Å². The van der Waals surface area contributed by atoms with Gasteiger partial charge in [-0.2, -0.15) is 0 Å². The number of rotatable bonds is 6. The summed E-state index contributed by atoms with van der Waals surface area (Å²) in [5.41, 5.74) is 23.6. The van der Waals surface area contributed by atoms with E-state index in [9.17, 15) is 30.6 Å². The second-order valence-electron chi connectivity index (χ2n) is 8.30. The van der Waals surface area contributed by atoms with Crippen molar-refractivity contribution in [1.29, 1.82) is 0 Å². The maximum absolute atomic E-state index is 10.6. The summed E-state index contributed by atoms with van der Waals surface area (Å²) in [5.74, 6) is 0. The van der Waals surface area contributed by atoms with Crippen molar-refractivity contribution < 1.29 is 49.6 Å². The fourth-order valence-electron chi connectivity index (χ4n) is 4.16. The predicted octanol–water partition coefficient (Wildman–Crippen LogP) is -6.65. The zero-order chi connectivity index (χ0) is 23.0. The van der Waals surface area contributed by atoms with Crippen molar-refractivity contribution in [2.24, 2.45) is 22.9 Å². The van der Waals surface area contributed by atoms with Gasteiger partial charge < -0.3 is 72.5 Å². The molecule has 2 aliphatic heterocycles. The number of ether oxygens (including phenoxy) is 4. The zero-order valence-corrected chi connectivity index (χ0v) is 16.8. The third-order valence-corrected chi connectivity index (χ3v) is 6.13. The molecule has 1 aliphatic carbocycles. The average molecular weight is 454 g/mol. The summed E-state index contributed by atoms with van der Waals surface area (Å²) >= 11 is 0. The van der Waals surface area contributed by atoms with Gasteiger partial charge in [0.15, 0.2) is 12.6 Å². The molecule has 0 spiro atoms. The highest BCUT2D eigenvalue weighted by Crippen LogP contribution is 2.31. The molecule has 0 aromatic rings. The van der Waals surface area contributed by atoms with Crippen LogP contribution in [0, 0.1) is 0 Å². The summed E-state index contributed by atoms with van der Waals surface area (Å²) in [6.45, 7) is -0.673. The van der Waals surface area contributed by atoms with E-state index in [-0.39, 0.29) is 13.0 Å². The van der Waals surface area contributed by atoms with Crippen molar-refractivity contribution >= 4 is 0 Å². The standard InChI is InChI=1S/C17H34N4O10/c18-2-6-10(24)12(26)8(21)16(28-6)30-14-5(20)1-4(19)9(23)15(14)31-17-13(27)11(25)7(3-22)29-17/h4-17,22-27H,1-3,18-21H2/t4-,5+,6-,7-,8-,9+,10-,11+,12-,13-,14-,15-,16-,17+/m0/s1. The summed E-state index contributed by atoms with van der Waals surface area (Å²) in [6, 6.07) is -2.72. The Bertz CT molecular complexity index is 591. The molecule has 0 aromatic heterocycles. The summed E-state index contributed by atoms with van der Waals surface area (Å²) < 4.78 is 22.5. The molecular weight excluding hydrogens is 420 g/mol. The van der Waals surface area contributed by atoms with Crippen molar-refractivity contribution in [1.82, 2.24) is 0 Å². The Morgan fingerprint density at radius 1 is 0.710 bits per heavy atom. The van der Waals surface area contributed by atoms with E-state index in [1.54, 1.807) is 0 Å². The van der Waals surface area contributed by atoms with Gasteiger partial charge in [-0.15, -0.1) is 0 Å². The van der Waals surface area contributed by atoms with Crippen LogP contribution in [0.1, 0.15) is 6.42 Å². The molecule has 0 unspecified atom stereocenters. The van der Waals surface area contributed by atoms with Crippen LogP contribution in [0.4, 0.5) is 0 Å². The fraction of sp³-hybridized carbons (Fsp3) is 1.00. The first kappa shape index (κ1) is 25.1. The van der Waals surface area contributed by atoms with Gasteiger partial charge in [-0.25, -0.2) is 0 Å². The number of hydrogen-bond donors (Lipinski definition) is 10. The van der Waals surface area contributed by atoms with Gasteiger partial charge >= 0.3 is 0 Å². The van der Waals surface area contributed by atoms with E-state index in [0.717, 1.165) is 0 Å². The lowest BCUT2D eigenvalue weighted by Gasteiger charge is -2.47. The Balaban J connectivity index is 1.78. The molecule has 2 heterocycles. The Kier molecular flexibility index (Phi) is 8.21. The Labute approximate surface area is 178 Å². The minimum atomic E-state index is -1.51. The maximum Gasteiger partial charge on any atom is 0.187 e. The number of nitrogens with two attached hydrogens (primary N) is 4.